The average molecular weight is 527 g/mol. The van der Waals surface area contributed by atoms with Crippen LogP contribution in [-0.2, 0) is 19.6 Å². The predicted molar refractivity (Wildman–Crippen MR) is 140 cm³/mol. The highest BCUT2D eigenvalue weighted by Crippen LogP contribution is 2.33. The fraction of sp³-hybridized carbons (Fsp3) is 0.407. The first kappa shape index (κ1) is 26.8. The van der Waals surface area contributed by atoms with Crippen LogP contribution in [0.2, 0.25) is 0 Å². The molecule has 4 rings (SSSR count). The molecule has 37 heavy (non-hydrogen) atoms. The minimum atomic E-state index is -3.60. The number of hydrogen-bond acceptors (Lipinski definition) is 6. The molecule has 0 aromatic heterocycles. The van der Waals surface area contributed by atoms with Crippen molar-refractivity contribution in [2.75, 3.05) is 46.4 Å². The molecule has 10 heteroatoms. The number of amides is 2. The summed E-state index contributed by atoms with van der Waals surface area (Å²) in [5, 5.41) is 2.96. The molecule has 0 aliphatic carbocycles. The van der Waals surface area contributed by atoms with Gasteiger partial charge in [0.05, 0.1) is 23.1 Å². The summed E-state index contributed by atoms with van der Waals surface area (Å²) in [6, 6.07) is 15.1. The highest BCUT2D eigenvalue weighted by molar-refractivity contribution is 7.89. The molecule has 0 unspecified atom stereocenters. The highest BCUT2D eigenvalue weighted by Gasteiger charge is 2.38. The Labute approximate surface area is 218 Å². The van der Waals surface area contributed by atoms with E-state index in [2.05, 4.69) is 10.2 Å². The van der Waals surface area contributed by atoms with Gasteiger partial charge in [-0.15, -0.1) is 0 Å². The van der Waals surface area contributed by atoms with Crippen LogP contribution < -0.4 is 5.32 Å². The largest absolute Gasteiger partial charge is 0.463 e. The monoisotopic (exact) mass is 526 g/mol. The summed E-state index contributed by atoms with van der Waals surface area (Å²) in [7, 11) is -1.96. The van der Waals surface area contributed by atoms with Crippen molar-refractivity contribution in [2.24, 2.45) is 0 Å². The molecule has 2 aliphatic heterocycles. The predicted octanol–water partition coefficient (Wildman–Crippen LogP) is 2.90. The van der Waals surface area contributed by atoms with E-state index in [0.717, 1.165) is 11.1 Å². The van der Waals surface area contributed by atoms with E-state index in [1.807, 2.05) is 31.2 Å². The number of carbonyl (C=O) groups is 2. The second-order valence-corrected chi connectivity index (χ2v) is 11.2. The lowest BCUT2D eigenvalue weighted by Gasteiger charge is -2.37. The molecular weight excluding hydrogens is 492 g/mol. The summed E-state index contributed by atoms with van der Waals surface area (Å²) < 4.78 is 33.2. The molecule has 1 fully saturated rings. The number of esters is 1. The van der Waals surface area contributed by atoms with Gasteiger partial charge in [0.2, 0.25) is 10.0 Å². The van der Waals surface area contributed by atoms with Gasteiger partial charge in [0.1, 0.15) is 0 Å². The Hall–Kier alpha value is -3.21. The number of sulfonamides is 1. The summed E-state index contributed by atoms with van der Waals surface area (Å²) in [6.07, 6.45) is 0.630. The van der Waals surface area contributed by atoms with Gasteiger partial charge in [-0.1, -0.05) is 42.5 Å². The molecule has 2 aliphatic rings. The Kier molecular flexibility index (Phi) is 8.31. The number of rotatable bonds is 7. The zero-order valence-electron chi connectivity index (χ0n) is 21.5. The van der Waals surface area contributed by atoms with E-state index in [4.69, 9.17) is 4.74 Å². The van der Waals surface area contributed by atoms with Crippen LogP contribution in [0.5, 0.6) is 0 Å². The van der Waals surface area contributed by atoms with Gasteiger partial charge in [-0.25, -0.2) is 18.0 Å². The second kappa shape index (κ2) is 11.5. The number of aryl methyl sites for hydroxylation is 1. The average Bonchev–Trinajstić information content (AvgIpc) is 3.14. The van der Waals surface area contributed by atoms with Crippen molar-refractivity contribution in [3.05, 3.63) is 77.0 Å². The number of likely N-dealkylation sites (N-methyl/N-ethyl adjacent to an activating group) is 1. The first-order chi connectivity index (χ1) is 17.7. The van der Waals surface area contributed by atoms with Crippen LogP contribution in [0, 0.1) is 6.92 Å². The van der Waals surface area contributed by atoms with E-state index in [0.29, 0.717) is 50.4 Å². The molecule has 1 saturated heterocycles. The summed E-state index contributed by atoms with van der Waals surface area (Å²) in [6.45, 7) is 6.04. The first-order valence-corrected chi connectivity index (χ1v) is 14.0. The van der Waals surface area contributed by atoms with Gasteiger partial charge in [-0.3, -0.25) is 9.80 Å². The van der Waals surface area contributed by atoms with Gasteiger partial charge in [-0.05, 0) is 50.1 Å². The summed E-state index contributed by atoms with van der Waals surface area (Å²) in [4.78, 5) is 30.1. The molecule has 2 heterocycles. The van der Waals surface area contributed by atoms with Crippen LogP contribution in [0.4, 0.5) is 4.79 Å². The second-order valence-electron chi connectivity index (χ2n) is 9.23. The number of ether oxygens (including phenoxy) is 1. The lowest BCUT2D eigenvalue weighted by atomic mass is 9.91. The molecule has 2 amide bonds. The van der Waals surface area contributed by atoms with Crippen molar-refractivity contribution < 1.29 is 22.7 Å². The van der Waals surface area contributed by atoms with Gasteiger partial charge in [0, 0.05) is 38.9 Å². The van der Waals surface area contributed by atoms with Crippen LogP contribution >= 0.6 is 0 Å². The molecule has 0 radical (unpaired) electrons. The van der Waals surface area contributed by atoms with Gasteiger partial charge in [0.25, 0.3) is 0 Å². The first-order valence-electron chi connectivity index (χ1n) is 12.5. The number of nitrogens with one attached hydrogen (secondary N) is 1. The fourth-order valence-corrected chi connectivity index (χ4v) is 6.33. The van der Waals surface area contributed by atoms with E-state index in [1.165, 1.54) is 9.21 Å². The molecule has 1 atom stereocenters. The highest BCUT2D eigenvalue weighted by atomic mass is 32.2. The van der Waals surface area contributed by atoms with Crippen molar-refractivity contribution in [3.63, 3.8) is 0 Å². The number of nitrogens with zero attached hydrogens (tertiary/aromatic N) is 3. The molecule has 0 saturated carbocycles. The minimum Gasteiger partial charge on any atom is -0.463 e. The van der Waals surface area contributed by atoms with Crippen molar-refractivity contribution in [1.82, 2.24) is 19.4 Å². The van der Waals surface area contributed by atoms with Crippen LogP contribution in [0.1, 0.15) is 30.5 Å². The summed E-state index contributed by atoms with van der Waals surface area (Å²) in [5.74, 6) is -0.472. The Balaban J connectivity index is 1.63. The van der Waals surface area contributed by atoms with Crippen molar-refractivity contribution in [3.8, 4) is 0 Å². The SMILES string of the molecule is CCOC(=O)C1=C(CN2CCCN(S(=O)(=O)c3ccccc3)CC2)N(C)C(=O)N[C@@H]1c1ccccc1C. The molecule has 9 nitrogen and oxygen atoms in total. The van der Waals surface area contributed by atoms with Crippen LogP contribution in [-0.4, -0.2) is 80.9 Å². The Bertz CT molecular complexity index is 1280. The van der Waals surface area contributed by atoms with E-state index < -0.39 is 22.0 Å². The number of benzene rings is 2. The lowest BCUT2D eigenvalue weighted by molar-refractivity contribution is -0.139. The van der Waals surface area contributed by atoms with Crippen LogP contribution in [0.15, 0.2) is 70.8 Å². The van der Waals surface area contributed by atoms with E-state index >= 15 is 0 Å². The molecular formula is C27H34N4O5S. The third-order valence-corrected chi connectivity index (χ3v) is 8.79. The van der Waals surface area contributed by atoms with Crippen LogP contribution in [0.3, 0.4) is 0 Å². The number of urea groups is 1. The summed E-state index contributed by atoms with van der Waals surface area (Å²) >= 11 is 0. The maximum atomic E-state index is 13.2. The Morgan fingerprint density at radius 3 is 2.43 bits per heavy atom. The molecule has 2 aromatic carbocycles. The van der Waals surface area contributed by atoms with E-state index in [1.54, 1.807) is 44.3 Å². The van der Waals surface area contributed by atoms with Crippen molar-refractivity contribution in [2.45, 2.75) is 31.2 Å². The van der Waals surface area contributed by atoms with Crippen molar-refractivity contribution in [1.29, 1.82) is 0 Å². The number of carbonyl (C=O) groups excluding carboxylic acids is 2. The zero-order chi connectivity index (χ0) is 26.6. The van der Waals surface area contributed by atoms with Gasteiger partial charge < -0.3 is 10.1 Å². The lowest BCUT2D eigenvalue weighted by Crippen LogP contribution is -2.49. The van der Waals surface area contributed by atoms with E-state index in [9.17, 15) is 18.0 Å². The topological polar surface area (TPSA) is 99.3 Å². The fourth-order valence-electron chi connectivity index (χ4n) is 4.84. The maximum Gasteiger partial charge on any atom is 0.338 e. The quantitative estimate of drug-likeness (QED) is 0.557. The number of hydrogen-bond donors (Lipinski definition) is 1. The summed E-state index contributed by atoms with van der Waals surface area (Å²) in [5.41, 5.74) is 2.75. The van der Waals surface area contributed by atoms with Gasteiger partial charge in [0.15, 0.2) is 0 Å². The normalized spacial score (nSPS) is 19.9. The molecule has 0 bridgehead atoms. The third kappa shape index (κ3) is 5.71. The Morgan fingerprint density at radius 2 is 1.73 bits per heavy atom. The maximum absolute atomic E-state index is 13.2. The Morgan fingerprint density at radius 1 is 1.03 bits per heavy atom. The van der Waals surface area contributed by atoms with Crippen LogP contribution in [0.25, 0.3) is 0 Å². The molecule has 1 N–H and O–H groups in total. The smallest absolute Gasteiger partial charge is 0.338 e. The minimum absolute atomic E-state index is 0.212. The van der Waals surface area contributed by atoms with Gasteiger partial charge in [-0.2, -0.15) is 4.31 Å². The molecule has 198 valence electrons. The van der Waals surface area contributed by atoms with Gasteiger partial charge >= 0.3 is 12.0 Å². The zero-order valence-corrected chi connectivity index (χ0v) is 22.3. The van der Waals surface area contributed by atoms with E-state index in [-0.39, 0.29) is 17.5 Å². The standard InChI is InChI=1S/C27H34N4O5S/c1-4-36-26(32)24-23(29(3)27(33)28-25(24)22-14-9-8-11-20(22)2)19-30-15-10-16-31(18-17-30)37(34,35)21-12-6-5-7-13-21/h5-9,11-14,25H,4,10,15-19H2,1-3H3,(H,28,33)/t25-/m1/s1. The van der Waals surface area contributed by atoms with Crippen molar-refractivity contribution >= 4 is 22.0 Å². The molecule has 0 spiro atoms. The third-order valence-electron chi connectivity index (χ3n) is 6.87. The molecule has 2 aromatic rings.